The molecule has 1 saturated carbocycles. The first kappa shape index (κ1) is 12.8. The number of carbonyl (C=O) groups excluding carboxylic acids is 1. The molecule has 1 aromatic rings. The monoisotopic (exact) mass is 251 g/mol. The van der Waals surface area contributed by atoms with Gasteiger partial charge in [0, 0.05) is 18.4 Å². The van der Waals surface area contributed by atoms with E-state index >= 15 is 0 Å². The molecule has 1 aromatic heterocycles. The zero-order valence-electron chi connectivity index (χ0n) is 10.3. The number of Topliss-reactive ketones (excluding diaryl/α,β-unsaturated/α-hetero) is 1. The van der Waals surface area contributed by atoms with Crippen LogP contribution in [-0.2, 0) is 11.2 Å². The van der Waals surface area contributed by atoms with Crippen LogP contribution >= 0.6 is 11.3 Å². The van der Waals surface area contributed by atoms with E-state index in [1.807, 2.05) is 0 Å². The van der Waals surface area contributed by atoms with Crippen LogP contribution in [-0.4, -0.2) is 12.3 Å². The molecule has 0 spiro atoms. The fraction of sp³-hybridized carbons (Fsp3) is 0.643. The summed E-state index contributed by atoms with van der Waals surface area (Å²) >= 11 is 1.70. The van der Waals surface area contributed by atoms with Gasteiger partial charge in [-0.2, -0.15) is 11.3 Å². The number of ketones is 1. The van der Waals surface area contributed by atoms with E-state index in [9.17, 15) is 4.79 Å². The van der Waals surface area contributed by atoms with Crippen LogP contribution in [0.1, 0.15) is 44.1 Å². The molecular formula is C14H21NOS. The minimum Gasteiger partial charge on any atom is -0.329 e. The molecule has 1 aliphatic rings. The fourth-order valence-electron chi connectivity index (χ4n) is 2.78. The van der Waals surface area contributed by atoms with Gasteiger partial charge in [-0.15, -0.1) is 0 Å². The highest BCUT2D eigenvalue weighted by atomic mass is 32.1. The van der Waals surface area contributed by atoms with Crippen LogP contribution in [0.4, 0.5) is 0 Å². The molecule has 0 saturated heterocycles. The summed E-state index contributed by atoms with van der Waals surface area (Å²) in [6.07, 6.45) is 7.15. The van der Waals surface area contributed by atoms with Gasteiger partial charge in [0.15, 0.2) is 0 Å². The normalized spacial score (nSPS) is 19.1. The lowest BCUT2D eigenvalue weighted by atomic mass is 9.70. The van der Waals surface area contributed by atoms with Gasteiger partial charge in [-0.3, -0.25) is 4.79 Å². The van der Waals surface area contributed by atoms with E-state index in [0.717, 1.165) is 19.3 Å². The van der Waals surface area contributed by atoms with Gasteiger partial charge in [-0.1, -0.05) is 19.3 Å². The topological polar surface area (TPSA) is 43.1 Å². The quantitative estimate of drug-likeness (QED) is 0.873. The van der Waals surface area contributed by atoms with Gasteiger partial charge in [0.2, 0.25) is 0 Å². The van der Waals surface area contributed by atoms with Crippen molar-refractivity contribution in [2.24, 2.45) is 11.1 Å². The van der Waals surface area contributed by atoms with Crippen LogP contribution < -0.4 is 5.73 Å². The van der Waals surface area contributed by atoms with Crippen molar-refractivity contribution in [3.05, 3.63) is 22.4 Å². The highest BCUT2D eigenvalue weighted by molar-refractivity contribution is 7.07. The summed E-state index contributed by atoms with van der Waals surface area (Å²) < 4.78 is 0. The Hall–Kier alpha value is -0.670. The maximum Gasteiger partial charge on any atom is 0.140 e. The minimum atomic E-state index is -0.186. The maximum atomic E-state index is 12.4. The Balaban J connectivity index is 1.93. The van der Waals surface area contributed by atoms with Crippen molar-refractivity contribution in [1.82, 2.24) is 0 Å². The minimum absolute atomic E-state index is 0.186. The molecule has 17 heavy (non-hydrogen) atoms. The first-order valence-corrected chi connectivity index (χ1v) is 7.46. The van der Waals surface area contributed by atoms with Crippen molar-refractivity contribution in [1.29, 1.82) is 0 Å². The molecule has 0 aromatic carbocycles. The third-order valence-corrected chi connectivity index (χ3v) is 4.75. The second-order valence-electron chi connectivity index (χ2n) is 5.10. The number of hydrogen-bond acceptors (Lipinski definition) is 3. The van der Waals surface area contributed by atoms with E-state index < -0.39 is 0 Å². The third kappa shape index (κ3) is 2.96. The molecular weight excluding hydrogens is 230 g/mol. The highest BCUT2D eigenvalue weighted by Crippen LogP contribution is 2.37. The van der Waals surface area contributed by atoms with Crippen molar-refractivity contribution in [3.63, 3.8) is 0 Å². The number of nitrogens with two attached hydrogens (primary N) is 1. The molecule has 0 amide bonds. The highest BCUT2D eigenvalue weighted by Gasteiger charge is 2.37. The van der Waals surface area contributed by atoms with E-state index in [4.69, 9.17) is 5.73 Å². The Morgan fingerprint density at radius 2 is 2.12 bits per heavy atom. The summed E-state index contributed by atoms with van der Waals surface area (Å²) in [4.78, 5) is 12.4. The zero-order chi connectivity index (χ0) is 12.1. The smallest absolute Gasteiger partial charge is 0.140 e. The molecule has 0 aliphatic heterocycles. The number of thiophene rings is 1. The Labute approximate surface area is 107 Å². The Morgan fingerprint density at radius 3 is 2.71 bits per heavy atom. The SMILES string of the molecule is NCC1(C(=O)CCc2ccsc2)CCCCC1. The predicted octanol–water partition coefficient (Wildman–Crippen LogP) is 3.16. The maximum absolute atomic E-state index is 12.4. The summed E-state index contributed by atoms with van der Waals surface area (Å²) in [5.41, 5.74) is 6.97. The lowest BCUT2D eigenvalue weighted by molar-refractivity contribution is -0.130. The second-order valence-corrected chi connectivity index (χ2v) is 5.88. The third-order valence-electron chi connectivity index (χ3n) is 4.01. The molecule has 1 fully saturated rings. The van der Waals surface area contributed by atoms with Gasteiger partial charge in [0.25, 0.3) is 0 Å². The van der Waals surface area contributed by atoms with E-state index in [1.54, 1.807) is 11.3 Å². The molecule has 0 radical (unpaired) electrons. The molecule has 0 unspecified atom stereocenters. The van der Waals surface area contributed by atoms with Gasteiger partial charge in [-0.25, -0.2) is 0 Å². The van der Waals surface area contributed by atoms with Crippen molar-refractivity contribution >= 4 is 17.1 Å². The molecule has 0 atom stereocenters. The molecule has 2 N–H and O–H groups in total. The summed E-state index contributed by atoms with van der Waals surface area (Å²) in [6.45, 7) is 0.537. The average molecular weight is 251 g/mol. The average Bonchev–Trinajstić information content (AvgIpc) is 2.90. The van der Waals surface area contributed by atoms with Crippen LogP contribution in [0.5, 0.6) is 0 Å². The first-order valence-electron chi connectivity index (χ1n) is 6.51. The van der Waals surface area contributed by atoms with E-state index in [-0.39, 0.29) is 5.41 Å². The number of carbonyl (C=O) groups is 1. The van der Waals surface area contributed by atoms with Crippen LogP contribution in [0.2, 0.25) is 0 Å². The zero-order valence-corrected chi connectivity index (χ0v) is 11.1. The summed E-state index contributed by atoms with van der Waals surface area (Å²) in [7, 11) is 0. The number of hydrogen-bond donors (Lipinski definition) is 1. The number of rotatable bonds is 5. The largest absolute Gasteiger partial charge is 0.329 e. The standard InChI is InChI=1S/C14H21NOS/c15-11-14(7-2-1-3-8-14)13(16)5-4-12-6-9-17-10-12/h6,9-10H,1-5,7-8,11,15H2. The lowest BCUT2D eigenvalue weighted by Crippen LogP contribution is -2.40. The van der Waals surface area contributed by atoms with Crippen LogP contribution in [0.3, 0.4) is 0 Å². The Morgan fingerprint density at radius 1 is 1.35 bits per heavy atom. The molecule has 94 valence electrons. The van der Waals surface area contributed by atoms with Crippen molar-refractivity contribution < 1.29 is 4.79 Å². The van der Waals surface area contributed by atoms with Gasteiger partial charge in [-0.05, 0) is 41.7 Å². The van der Waals surface area contributed by atoms with Gasteiger partial charge in [0.1, 0.15) is 5.78 Å². The molecule has 1 aliphatic carbocycles. The van der Waals surface area contributed by atoms with Crippen LogP contribution in [0.25, 0.3) is 0 Å². The summed E-state index contributed by atoms with van der Waals surface area (Å²) in [5, 5.41) is 4.20. The van der Waals surface area contributed by atoms with Gasteiger partial charge in [0.05, 0.1) is 0 Å². The molecule has 3 heteroatoms. The predicted molar refractivity (Wildman–Crippen MR) is 72.2 cm³/mol. The summed E-state index contributed by atoms with van der Waals surface area (Å²) in [5.74, 6) is 0.394. The van der Waals surface area contributed by atoms with E-state index in [0.29, 0.717) is 18.7 Å². The van der Waals surface area contributed by atoms with E-state index in [2.05, 4.69) is 16.8 Å². The molecule has 0 bridgehead atoms. The summed E-state index contributed by atoms with van der Waals surface area (Å²) in [6, 6.07) is 2.11. The lowest BCUT2D eigenvalue weighted by Gasteiger charge is -2.34. The Kier molecular flexibility index (Phi) is 4.35. The van der Waals surface area contributed by atoms with Crippen molar-refractivity contribution in [2.45, 2.75) is 44.9 Å². The molecule has 2 nitrogen and oxygen atoms in total. The van der Waals surface area contributed by atoms with Gasteiger partial charge < -0.3 is 5.73 Å². The molecule has 2 rings (SSSR count). The molecule has 1 heterocycles. The number of aryl methyl sites for hydroxylation is 1. The van der Waals surface area contributed by atoms with E-state index in [1.165, 1.54) is 24.8 Å². The van der Waals surface area contributed by atoms with Crippen molar-refractivity contribution in [2.75, 3.05) is 6.54 Å². The Bertz CT molecular complexity index is 352. The van der Waals surface area contributed by atoms with Gasteiger partial charge >= 0.3 is 0 Å². The fourth-order valence-corrected chi connectivity index (χ4v) is 3.49. The van der Waals surface area contributed by atoms with Crippen LogP contribution in [0, 0.1) is 5.41 Å². The first-order chi connectivity index (χ1) is 8.27. The second kappa shape index (κ2) is 5.78. The van der Waals surface area contributed by atoms with Crippen LogP contribution in [0.15, 0.2) is 16.8 Å². The van der Waals surface area contributed by atoms with Crippen molar-refractivity contribution in [3.8, 4) is 0 Å².